The third-order valence-electron chi connectivity index (χ3n) is 3.34. The van der Waals surface area contributed by atoms with E-state index >= 15 is 0 Å². The summed E-state index contributed by atoms with van der Waals surface area (Å²) in [5.41, 5.74) is 1.67. The summed E-state index contributed by atoms with van der Waals surface area (Å²) >= 11 is 7.82. The maximum atomic E-state index is 12.9. The first-order chi connectivity index (χ1) is 10.00. The van der Waals surface area contributed by atoms with Crippen molar-refractivity contribution in [3.05, 3.63) is 53.1 Å². The highest BCUT2D eigenvalue weighted by atomic mass is 35.5. The summed E-state index contributed by atoms with van der Waals surface area (Å²) in [7, 11) is -3.63. The first-order valence-corrected chi connectivity index (χ1v) is 9.31. The van der Waals surface area contributed by atoms with Crippen molar-refractivity contribution in [3.8, 4) is 0 Å². The van der Waals surface area contributed by atoms with Gasteiger partial charge in [0.05, 0.1) is 10.7 Å². The van der Waals surface area contributed by atoms with Gasteiger partial charge in [0.1, 0.15) is 4.90 Å². The highest BCUT2D eigenvalue weighted by Crippen LogP contribution is 2.38. The van der Waals surface area contributed by atoms with Crippen molar-refractivity contribution < 1.29 is 8.42 Å². The van der Waals surface area contributed by atoms with Gasteiger partial charge in [-0.1, -0.05) is 29.8 Å². The van der Waals surface area contributed by atoms with Crippen LogP contribution in [0.25, 0.3) is 0 Å². The van der Waals surface area contributed by atoms with Crippen molar-refractivity contribution in [1.29, 1.82) is 0 Å². The highest BCUT2D eigenvalue weighted by molar-refractivity contribution is 8.00. The number of hydrogen-bond acceptors (Lipinski definition) is 3. The topological polar surface area (TPSA) is 37.4 Å². The monoisotopic (exact) mass is 339 g/mol. The summed E-state index contributed by atoms with van der Waals surface area (Å²) in [6.45, 7) is 2.34. The zero-order valence-electron chi connectivity index (χ0n) is 11.4. The third-order valence-corrected chi connectivity index (χ3v) is 6.68. The van der Waals surface area contributed by atoms with Crippen LogP contribution in [0.2, 0.25) is 5.02 Å². The second-order valence-corrected chi connectivity index (χ2v) is 8.20. The molecule has 21 heavy (non-hydrogen) atoms. The van der Waals surface area contributed by atoms with Gasteiger partial charge in [0.15, 0.2) is 0 Å². The fourth-order valence-electron chi connectivity index (χ4n) is 2.33. The van der Waals surface area contributed by atoms with Gasteiger partial charge in [-0.25, -0.2) is 8.42 Å². The van der Waals surface area contributed by atoms with Crippen LogP contribution in [0.4, 0.5) is 5.69 Å². The molecule has 0 aliphatic carbocycles. The van der Waals surface area contributed by atoms with Crippen LogP contribution in [0.5, 0.6) is 0 Å². The average molecular weight is 340 g/mol. The number of nitrogens with zero attached hydrogens (tertiary/aromatic N) is 1. The molecule has 0 saturated carbocycles. The summed E-state index contributed by atoms with van der Waals surface area (Å²) in [4.78, 5) is 1.15. The Morgan fingerprint density at radius 2 is 1.95 bits per heavy atom. The maximum Gasteiger partial charge on any atom is 0.265 e. The van der Waals surface area contributed by atoms with Gasteiger partial charge in [-0.05, 0) is 36.8 Å². The van der Waals surface area contributed by atoms with Crippen LogP contribution in [-0.4, -0.2) is 20.7 Å². The molecule has 0 bridgehead atoms. The van der Waals surface area contributed by atoms with E-state index < -0.39 is 10.0 Å². The molecule has 0 amide bonds. The van der Waals surface area contributed by atoms with E-state index in [1.807, 2.05) is 31.2 Å². The Labute approximate surface area is 134 Å². The minimum absolute atomic E-state index is 0.163. The molecule has 1 aliphatic rings. The number of aryl methyl sites for hydroxylation is 1. The van der Waals surface area contributed by atoms with Crippen molar-refractivity contribution in [2.24, 2.45) is 0 Å². The lowest BCUT2D eigenvalue weighted by atomic mass is 10.2. The lowest BCUT2D eigenvalue weighted by Crippen LogP contribution is -2.35. The van der Waals surface area contributed by atoms with Crippen molar-refractivity contribution >= 4 is 39.1 Å². The number of hydrogen-bond donors (Lipinski definition) is 0. The van der Waals surface area contributed by atoms with Gasteiger partial charge in [0.25, 0.3) is 10.0 Å². The van der Waals surface area contributed by atoms with Gasteiger partial charge in [0, 0.05) is 17.2 Å². The van der Waals surface area contributed by atoms with Crippen LogP contribution in [0.1, 0.15) is 5.56 Å². The van der Waals surface area contributed by atoms with Crippen LogP contribution in [0.15, 0.2) is 52.3 Å². The number of fused-ring (bicyclic) bond motifs is 1. The second kappa shape index (κ2) is 5.55. The molecule has 0 atom stereocenters. The molecule has 110 valence electrons. The van der Waals surface area contributed by atoms with Crippen LogP contribution >= 0.6 is 23.4 Å². The van der Waals surface area contributed by atoms with Crippen LogP contribution in [0, 0.1) is 6.92 Å². The molecule has 0 unspecified atom stereocenters. The molecule has 0 fully saturated rings. The first kappa shape index (κ1) is 14.8. The molecule has 0 saturated heterocycles. The predicted molar refractivity (Wildman–Crippen MR) is 87.9 cm³/mol. The molecular weight excluding hydrogens is 326 g/mol. The third kappa shape index (κ3) is 2.65. The van der Waals surface area contributed by atoms with Gasteiger partial charge >= 0.3 is 0 Å². The quantitative estimate of drug-likeness (QED) is 0.831. The SMILES string of the molecule is Cc1ccc(S(=O)(=O)N2CCSc3ccccc32)c(Cl)c1. The van der Waals surface area contributed by atoms with Crippen molar-refractivity contribution in [1.82, 2.24) is 0 Å². The number of halogens is 1. The molecule has 0 N–H and O–H groups in total. The zero-order chi connectivity index (χ0) is 15.0. The Kier molecular flexibility index (Phi) is 3.90. The molecule has 0 radical (unpaired) electrons. The summed E-state index contributed by atoms with van der Waals surface area (Å²) in [5, 5.41) is 0.269. The van der Waals surface area contributed by atoms with E-state index in [9.17, 15) is 8.42 Å². The van der Waals surface area contributed by atoms with E-state index in [2.05, 4.69) is 0 Å². The molecule has 0 spiro atoms. The van der Waals surface area contributed by atoms with Crippen molar-refractivity contribution in [3.63, 3.8) is 0 Å². The average Bonchev–Trinajstić information content (AvgIpc) is 2.46. The van der Waals surface area contributed by atoms with Gasteiger partial charge in [-0.2, -0.15) is 0 Å². The normalized spacial score (nSPS) is 14.9. The fraction of sp³-hybridized carbons (Fsp3) is 0.200. The summed E-state index contributed by atoms with van der Waals surface area (Å²) in [6, 6.07) is 12.6. The Bertz CT molecular complexity index is 790. The van der Waals surface area contributed by atoms with E-state index in [-0.39, 0.29) is 9.92 Å². The van der Waals surface area contributed by atoms with Crippen LogP contribution in [-0.2, 0) is 10.0 Å². The Morgan fingerprint density at radius 3 is 2.71 bits per heavy atom. The van der Waals surface area contributed by atoms with E-state index in [0.29, 0.717) is 6.54 Å². The fourth-order valence-corrected chi connectivity index (χ4v) is 5.56. The van der Waals surface area contributed by atoms with E-state index in [1.165, 1.54) is 4.31 Å². The van der Waals surface area contributed by atoms with Crippen molar-refractivity contribution in [2.45, 2.75) is 16.7 Å². The predicted octanol–water partition coefficient (Wildman–Crippen LogP) is 3.95. The first-order valence-electron chi connectivity index (χ1n) is 6.51. The number of benzene rings is 2. The highest BCUT2D eigenvalue weighted by Gasteiger charge is 2.30. The molecule has 3 nitrogen and oxygen atoms in total. The maximum absolute atomic E-state index is 12.9. The summed E-state index contributed by atoms with van der Waals surface area (Å²) < 4.78 is 27.3. The van der Waals surface area contributed by atoms with Gasteiger partial charge in [-0.3, -0.25) is 4.31 Å². The number of para-hydroxylation sites is 1. The van der Waals surface area contributed by atoms with Gasteiger partial charge < -0.3 is 0 Å². The molecule has 2 aromatic rings. The minimum Gasteiger partial charge on any atom is -0.264 e. The largest absolute Gasteiger partial charge is 0.265 e. The Balaban J connectivity index is 2.12. The second-order valence-electron chi connectivity index (χ2n) is 4.83. The summed E-state index contributed by atoms with van der Waals surface area (Å²) in [5.74, 6) is 0.736. The molecular formula is C15H14ClNO2S2. The van der Waals surface area contributed by atoms with E-state index in [1.54, 1.807) is 30.0 Å². The number of anilines is 1. The zero-order valence-corrected chi connectivity index (χ0v) is 13.8. The molecule has 6 heteroatoms. The van der Waals surface area contributed by atoms with E-state index in [0.717, 1.165) is 21.9 Å². The van der Waals surface area contributed by atoms with Crippen LogP contribution < -0.4 is 4.31 Å². The van der Waals surface area contributed by atoms with Crippen molar-refractivity contribution in [2.75, 3.05) is 16.6 Å². The Morgan fingerprint density at radius 1 is 1.19 bits per heavy atom. The Hall–Kier alpha value is -1.17. The minimum atomic E-state index is -3.63. The van der Waals surface area contributed by atoms with Crippen LogP contribution in [0.3, 0.4) is 0 Å². The molecule has 0 aromatic heterocycles. The number of thioether (sulfide) groups is 1. The number of sulfonamides is 1. The molecule has 3 rings (SSSR count). The van der Waals surface area contributed by atoms with Gasteiger partial charge in [-0.15, -0.1) is 11.8 Å². The molecule has 1 aliphatic heterocycles. The number of rotatable bonds is 2. The lowest BCUT2D eigenvalue weighted by Gasteiger charge is -2.30. The molecule has 2 aromatic carbocycles. The smallest absolute Gasteiger partial charge is 0.264 e. The lowest BCUT2D eigenvalue weighted by molar-refractivity contribution is 0.591. The van der Waals surface area contributed by atoms with Gasteiger partial charge in [0.2, 0.25) is 0 Å². The summed E-state index contributed by atoms with van der Waals surface area (Å²) in [6.07, 6.45) is 0. The van der Waals surface area contributed by atoms with E-state index in [4.69, 9.17) is 11.6 Å². The molecule has 1 heterocycles. The standard InChI is InChI=1S/C15H14ClNO2S2/c1-11-6-7-15(12(16)10-11)21(18,19)17-8-9-20-14-5-3-2-4-13(14)17/h2-7,10H,8-9H2,1H3.